The molecule has 2 heterocycles. The molecule has 0 saturated heterocycles. The number of benzene rings is 1. The highest BCUT2D eigenvalue weighted by molar-refractivity contribution is 5.91. The van der Waals surface area contributed by atoms with Crippen LogP contribution in [0.5, 0.6) is 0 Å². The fraction of sp³-hybridized carbons (Fsp3) is 0.400. The zero-order valence-electron chi connectivity index (χ0n) is 14.8. The summed E-state index contributed by atoms with van der Waals surface area (Å²) in [5.41, 5.74) is 3.28. The van der Waals surface area contributed by atoms with Gasteiger partial charge in [-0.1, -0.05) is 44.2 Å². The van der Waals surface area contributed by atoms with Gasteiger partial charge in [0.1, 0.15) is 6.33 Å². The highest BCUT2D eigenvalue weighted by atomic mass is 16.1. The number of hydrogen-bond donors (Lipinski definition) is 1. The number of rotatable bonds is 5. The SMILES string of the molecule is O=C(CCC1CCCCC1)Nc1cccc(-c2ccc3nncn3n2)c1. The van der Waals surface area contributed by atoms with E-state index in [1.807, 2.05) is 36.4 Å². The lowest BCUT2D eigenvalue weighted by Crippen LogP contribution is -2.14. The number of nitrogens with zero attached hydrogens (tertiary/aromatic N) is 4. The van der Waals surface area contributed by atoms with Gasteiger partial charge in [-0.3, -0.25) is 4.79 Å². The first-order chi connectivity index (χ1) is 12.8. The van der Waals surface area contributed by atoms with Crippen molar-refractivity contribution in [1.29, 1.82) is 0 Å². The molecule has 26 heavy (non-hydrogen) atoms. The van der Waals surface area contributed by atoms with Crippen LogP contribution in [0, 0.1) is 5.92 Å². The predicted octanol–water partition coefficient (Wildman–Crippen LogP) is 4.09. The van der Waals surface area contributed by atoms with Crippen molar-refractivity contribution < 1.29 is 4.79 Å². The Morgan fingerprint density at radius 2 is 2.04 bits per heavy atom. The molecule has 1 N–H and O–H groups in total. The van der Waals surface area contributed by atoms with Crippen LogP contribution in [0.4, 0.5) is 5.69 Å². The molecule has 1 aliphatic carbocycles. The molecule has 1 saturated carbocycles. The van der Waals surface area contributed by atoms with E-state index < -0.39 is 0 Å². The van der Waals surface area contributed by atoms with E-state index in [-0.39, 0.29) is 5.91 Å². The van der Waals surface area contributed by atoms with E-state index >= 15 is 0 Å². The van der Waals surface area contributed by atoms with Crippen LogP contribution in [0.15, 0.2) is 42.7 Å². The van der Waals surface area contributed by atoms with E-state index in [1.54, 1.807) is 10.8 Å². The van der Waals surface area contributed by atoms with Gasteiger partial charge < -0.3 is 5.32 Å². The number of hydrogen-bond acceptors (Lipinski definition) is 4. The van der Waals surface area contributed by atoms with Gasteiger partial charge in [0.15, 0.2) is 5.65 Å². The second kappa shape index (κ2) is 7.64. The minimum atomic E-state index is 0.0925. The van der Waals surface area contributed by atoms with Crippen LogP contribution in [0.3, 0.4) is 0 Å². The molecule has 0 aliphatic heterocycles. The van der Waals surface area contributed by atoms with E-state index in [4.69, 9.17) is 0 Å². The lowest BCUT2D eigenvalue weighted by atomic mass is 9.86. The van der Waals surface area contributed by atoms with Gasteiger partial charge in [0.05, 0.1) is 5.69 Å². The second-order valence-corrected chi connectivity index (χ2v) is 7.02. The van der Waals surface area contributed by atoms with Gasteiger partial charge in [0.25, 0.3) is 0 Å². The Labute approximate surface area is 152 Å². The highest BCUT2D eigenvalue weighted by Gasteiger charge is 2.15. The Balaban J connectivity index is 1.41. The molecular weight excluding hydrogens is 326 g/mol. The van der Waals surface area contributed by atoms with Gasteiger partial charge in [-0.15, -0.1) is 10.2 Å². The molecule has 6 nitrogen and oxygen atoms in total. The maximum atomic E-state index is 12.3. The molecule has 4 rings (SSSR count). The number of fused-ring (bicyclic) bond motifs is 1. The number of anilines is 1. The first kappa shape index (κ1) is 16.7. The second-order valence-electron chi connectivity index (χ2n) is 7.02. The van der Waals surface area contributed by atoms with E-state index in [9.17, 15) is 4.79 Å². The maximum Gasteiger partial charge on any atom is 0.224 e. The average molecular weight is 349 g/mol. The number of amides is 1. The molecule has 1 fully saturated rings. The zero-order chi connectivity index (χ0) is 17.8. The molecule has 134 valence electrons. The van der Waals surface area contributed by atoms with E-state index in [0.29, 0.717) is 12.1 Å². The maximum absolute atomic E-state index is 12.3. The molecule has 1 aromatic carbocycles. The van der Waals surface area contributed by atoms with Crippen LogP contribution in [0.2, 0.25) is 0 Å². The molecule has 0 radical (unpaired) electrons. The van der Waals surface area contributed by atoms with Gasteiger partial charge in [-0.25, -0.2) is 0 Å². The summed E-state index contributed by atoms with van der Waals surface area (Å²) in [5, 5.41) is 15.3. The predicted molar refractivity (Wildman–Crippen MR) is 101 cm³/mol. The van der Waals surface area contributed by atoms with Gasteiger partial charge in [0, 0.05) is 17.7 Å². The molecule has 0 atom stereocenters. The Kier molecular flexibility index (Phi) is 4.91. The lowest BCUT2D eigenvalue weighted by molar-refractivity contribution is -0.116. The molecule has 6 heteroatoms. The molecule has 1 amide bonds. The van der Waals surface area contributed by atoms with Crippen molar-refractivity contribution in [2.75, 3.05) is 5.32 Å². The monoisotopic (exact) mass is 349 g/mol. The molecule has 1 aliphatic rings. The molecule has 2 aromatic heterocycles. The Bertz CT molecular complexity index is 898. The molecule has 0 bridgehead atoms. The summed E-state index contributed by atoms with van der Waals surface area (Å²) >= 11 is 0. The largest absolute Gasteiger partial charge is 0.326 e. The quantitative estimate of drug-likeness (QED) is 0.753. The van der Waals surface area contributed by atoms with Crippen molar-refractivity contribution in [1.82, 2.24) is 19.8 Å². The Hall–Kier alpha value is -2.76. The van der Waals surface area contributed by atoms with Crippen molar-refractivity contribution in [3.63, 3.8) is 0 Å². The summed E-state index contributed by atoms with van der Waals surface area (Å²) in [6.07, 6.45) is 9.72. The van der Waals surface area contributed by atoms with Gasteiger partial charge in [-0.2, -0.15) is 9.61 Å². The Morgan fingerprint density at radius 3 is 2.92 bits per heavy atom. The van der Waals surface area contributed by atoms with Gasteiger partial charge in [0.2, 0.25) is 5.91 Å². The third-order valence-electron chi connectivity index (χ3n) is 5.11. The number of carbonyl (C=O) groups is 1. The fourth-order valence-corrected chi connectivity index (χ4v) is 3.67. The van der Waals surface area contributed by atoms with Crippen LogP contribution in [-0.2, 0) is 4.79 Å². The molecule has 0 unspecified atom stereocenters. The standard InChI is InChI=1S/C20H23N5O/c26-20(12-9-15-5-2-1-3-6-15)22-17-8-4-7-16(13-17)18-10-11-19-23-21-14-25(19)24-18/h4,7-8,10-11,13-15H,1-3,5-6,9,12H2,(H,22,26). The summed E-state index contributed by atoms with van der Waals surface area (Å²) in [6, 6.07) is 11.6. The van der Waals surface area contributed by atoms with Crippen LogP contribution >= 0.6 is 0 Å². The smallest absolute Gasteiger partial charge is 0.224 e. The topological polar surface area (TPSA) is 72.2 Å². The third kappa shape index (κ3) is 3.90. The van der Waals surface area contributed by atoms with Crippen LogP contribution in [0.25, 0.3) is 16.9 Å². The average Bonchev–Trinajstić information content (AvgIpc) is 3.15. The zero-order valence-corrected chi connectivity index (χ0v) is 14.8. The fourth-order valence-electron chi connectivity index (χ4n) is 3.67. The lowest BCUT2D eigenvalue weighted by Gasteiger charge is -2.21. The van der Waals surface area contributed by atoms with Crippen molar-refractivity contribution in [3.8, 4) is 11.3 Å². The summed E-state index contributed by atoms with van der Waals surface area (Å²) in [6.45, 7) is 0. The normalized spacial score (nSPS) is 15.2. The van der Waals surface area contributed by atoms with Crippen LogP contribution < -0.4 is 5.32 Å². The van der Waals surface area contributed by atoms with Gasteiger partial charge in [-0.05, 0) is 36.6 Å². The van der Waals surface area contributed by atoms with Crippen molar-refractivity contribution in [2.45, 2.75) is 44.9 Å². The minimum Gasteiger partial charge on any atom is -0.326 e. The van der Waals surface area contributed by atoms with E-state index in [2.05, 4.69) is 20.6 Å². The first-order valence-corrected chi connectivity index (χ1v) is 9.35. The summed E-state index contributed by atoms with van der Waals surface area (Å²) in [7, 11) is 0. The highest BCUT2D eigenvalue weighted by Crippen LogP contribution is 2.27. The third-order valence-corrected chi connectivity index (χ3v) is 5.11. The minimum absolute atomic E-state index is 0.0925. The number of carbonyl (C=O) groups excluding carboxylic acids is 1. The first-order valence-electron chi connectivity index (χ1n) is 9.35. The summed E-state index contributed by atoms with van der Waals surface area (Å²) in [4.78, 5) is 12.3. The number of nitrogens with one attached hydrogen (secondary N) is 1. The van der Waals surface area contributed by atoms with Crippen molar-refractivity contribution >= 4 is 17.2 Å². The van der Waals surface area contributed by atoms with E-state index in [1.165, 1.54) is 32.1 Å². The van der Waals surface area contributed by atoms with Crippen LogP contribution in [0.1, 0.15) is 44.9 Å². The molecular formula is C20H23N5O. The van der Waals surface area contributed by atoms with Gasteiger partial charge >= 0.3 is 0 Å². The van der Waals surface area contributed by atoms with Crippen molar-refractivity contribution in [2.24, 2.45) is 5.92 Å². The summed E-state index contributed by atoms with van der Waals surface area (Å²) in [5.74, 6) is 0.815. The molecule has 0 spiro atoms. The van der Waals surface area contributed by atoms with Crippen molar-refractivity contribution in [3.05, 3.63) is 42.7 Å². The summed E-state index contributed by atoms with van der Waals surface area (Å²) < 4.78 is 1.64. The van der Waals surface area contributed by atoms with Crippen LogP contribution in [-0.4, -0.2) is 25.7 Å². The number of aromatic nitrogens is 4. The Morgan fingerprint density at radius 1 is 1.15 bits per heavy atom. The molecule has 3 aromatic rings. The van der Waals surface area contributed by atoms with E-state index in [0.717, 1.165) is 29.3 Å².